The molecule has 0 aliphatic heterocycles. The fraction of sp³-hybridized carbons (Fsp3) is 0.280. The SMILES string of the molecule is CC(C)C(NC(=O)c1nc(-c2ccc(NC(=O)Nc3ccc4c(c3)CCC4)cc2)cs1)C(=O)O. The number of anilines is 2. The average molecular weight is 479 g/mol. The third-order valence-corrected chi connectivity index (χ3v) is 6.55. The summed E-state index contributed by atoms with van der Waals surface area (Å²) < 4.78 is 0. The van der Waals surface area contributed by atoms with E-state index in [9.17, 15) is 19.5 Å². The Balaban J connectivity index is 1.36. The zero-order chi connectivity index (χ0) is 24.2. The first-order valence-electron chi connectivity index (χ1n) is 11.1. The van der Waals surface area contributed by atoms with Crippen LogP contribution in [0.15, 0.2) is 47.8 Å². The highest BCUT2D eigenvalue weighted by Gasteiger charge is 2.25. The number of nitrogens with zero attached hydrogens (tertiary/aromatic N) is 1. The number of aryl methyl sites for hydroxylation is 2. The Morgan fingerprint density at radius 1 is 0.971 bits per heavy atom. The monoisotopic (exact) mass is 478 g/mol. The highest BCUT2D eigenvalue weighted by atomic mass is 32.1. The Kier molecular flexibility index (Phi) is 6.93. The first-order valence-corrected chi connectivity index (χ1v) is 12.0. The van der Waals surface area contributed by atoms with Crippen LogP contribution in [0.2, 0.25) is 0 Å². The summed E-state index contributed by atoms with van der Waals surface area (Å²) in [7, 11) is 0. The summed E-state index contributed by atoms with van der Waals surface area (Å²) in [6.45, 7) is 3.46. The molecule has 1 unspecified atom stereocenters. The molecule has 1 atom stereocenters. The zero-order valence-corrected chi connectivity index (χ0v) is 19.7. The first-order chi connectivity index (χ1) is 16.3. The fourth-order valence-corrected chi connectivity index (χ4v) is 4.62. The maximum absolute atomic E-state index is 12.4. The van der Waals surface area contributed by atoms with E-state index in [1.807, 2.05) is 12.1 Å². The summed E-state index contributed by atoms with van der Waals surface area (Å²) in [5.74, 6) is -1.84. The highest BCUT2D eigenvalue weighted by molar-refractivity contribution is 7.12. The normalized spacial score (nSPS) is 13.3. The van der Waals surface area contributed by atoms with Crippen LogP contribution in [-0.4, -0.2) is 34.0 Å². The number of aliphatic carboxylic acids is 1. The molecule has 2 aromatic carbocycles. The summed E-state index contributed by atoms with van der Waals surface area (Å²) in [4.78, 5) is 40.5. The third kappa shape index (κ3) is 5.43. The number of benzene rings is 2. The molecule has 8 nitrogen and oxygen atoms in total. The maximum atomic E-state index is 12.4. The number of carboxylic acids is 1. The molecule has 4 rings (SSSR count). The second-order valence-corrected chi connectivity index (χ2v) is 9.42. The van der Waals surface area contributed by atoms with Gasteiger partial charge >= 0.3 is 12.0 Å². The minimum absolute atomic E-state index is 0.192. The third-order valence-electron chi connectivity index (χ3n) is 5.71. The van der Waals surface area contributed by atoms with Gasteiger partial charge in [-0.2, -0.15) is 0 Å². The van der Waals surface area contributed by atoms with Crippen molar-refractivity contribution in [3.05, 3.63) is 64.0 Å². The number of aromatic nitrogens is 1. The van der Waals surface area contributed by atoms with E-state index >= 15 is 0 Å². The van der Waals surface area contributed by atoms with Gasteiger partial charge in [0.15, 0.2) is 5.01 Å². The first kappa shape index (κ1) is 23.4. The van der Waals surface area contributed by atoms with Gasteiger partial charge in [0.05, 0.1) is 5.69 Å². The van der Waals surface area contributed by atoms with Gasteiger partial charge in [-0.15, -0.1) is 11.3 Å². The molecule has 1 aliphatic carbocycles. The van der Waals surface area contributed by atoms with Crippen LogP contribution in [0, 0.1) is 5.92 Å². The lowest BCUT2D eigenvalue weighted by atomic mass is 10.1. The molecule has 0 radical (unpaired) electrons. The number of hydrogen-bond acceptors (Lipinski definition) is 5. The van der Waals surface area contributed by atoms with Gasteiger partial charge in [0, 0.05) is 22.3 Å². The van der Waals surface area contributed by atoms with Gasteiger partial charge in [-0.25, -0.2) is 14.6 Å². The average Bonchev–Trinajstić information content (AvgIpc) is 3.47. The summed E-state index contributed by atoms with van der Waals surface area (Å²) in [6, 6.07) is 11.8. The topological polar surface area (TPSA) is 120 Å². The van der Waals surface area contributed by atoms with Crippen molar-refractivity contribution in [1.82, 2.24) is 10.3 Å². The van der Waals surface area contributed by atoms with Gasteiger partial charge in [-0.05, 0) is 60.6 Å². The number of nitrogens with one attached hydrogen (secondary N) is 3. The molecule has 3 amide bonds. The molecule has 3 aromatic rings. The number of hydrogen-bond donors (Lipinski definition) is 4. The van der Waals surface area contributed by atoms with Crippen LogP contribution in [0.25, 0.3) is 11.3 Å². The van der Waals surface area contributed by atoms with Crippen LogP contribution in [0.1, 0.15) is 41.2 Å². The Labute approximate surface area is 201 Å². The van der Waals surface area contributed by atoms with Crippen molar-refractivity contribution >= 4 is 40.6 Å². The molecule has 0 saturated heterocycles. The molecule has 0 saturated carbocycles. The molecule has 1 aromatic heterocycles. The van der Waals surface area contributed by atoms with Crippen molar-refractivity contribution in [2.45, 2.75) is 39.2 Å². The van der Waals surface area contributed by atoms with E-state index in [4.69, 9.17) is 0 Å². The molecule has 9 heteroatoms. The predicted molar refractivity (Wildman–Crippen MR) is 132 cm³/mol. The maximum Gasteiger partial charge on any atom is 0.326 e. The number of carbonyl (C=O) groups is 3. The van der Waals surface area contributed by atoms with Crippen LogP contribution in [0.3, 0.4) is 0 Å². The van der Waals surface area contributed by atoms with E-state index in [2.05, 4.69) is 27.0 Å². The van der Waals surface area contributed by atoms with Gasteiger partial charge in [-0.3, -0.25) is 4.79 Å². The van der Waals surface area contributed by atoms with E-state index in [0.717, 1.165) is 41.9 Å². The summed E-state index contributed by atoms with van der Waals surface area (Å²) >= 11 is 1.15. The quantitative estimate of drug-likeness (QED) is 0.389. The van der Waals surface area contributed by atoms with Crippen molar-refractivity contribution in [2.75, 3.05) is 10.6 Å². The van der Waals surface area contributed by atoms with Gasteiger partial charge in [0.1, 0.15) is 6.04 Å². The van der Waals surface area contributed by atoms with E-state index in [1.165, 1.54) is 11.1 Å². The van der Waals surface area contributed by atoms with Crippen molar-refractivity contribution in [2.24, 2.45) is 5.92 Å². The largest absolute Gasteiger partial charge is 0.480 e. The molecule has 0 bridgehead atoms. The molecule has 176 valence electrons. The van der Waals surface area contributed by atoms with E-state index in [0.29, 0.717) is 11.4 Å². The molecular formula is C25H26N4O4S. The predicted octanol–water partition coefficient (Wildman–Crippen LogP) is 4.78. The second-order valence-electron chi connectivity index (χ2n) is 8.56. The number of amides is 3. The van der Waals surface area contributed by atoms with Gasteiger partial charge in [0.2, 0.25) is 0 Å². The summed E-state index contributed by atoms with van der Waals surface area (Å²) in [5.41, 5.74) is 5.41. The molecule has 1 aliphatic rings. The fourth-order valence-electron chi connectivity index (χ4n) is 3.89. The van der Waals surface area contributed by atoms with Crippen molar-refractivity contribution in [3.8, 4) is 11.3 Å². The number of urea groups is 1. The number of carbonyl (C=O) groups excluding carboxylic acids is 2. The lowest BCUT2D eigenvalue weighted by molar-refractivity contribution is -0.140. The Morgan fingerprint density at radius 2 is 1.65 bits per heavy atom. The Morgan fingerprint density at radius 3 is 2.35 bits per heavy atom. The highest BCUT2D eigenvalue weighted by Crippen LogP contribution is 2.26. The zero-order valence-electron chi connectivity index (χ0n) is 18.9. The second kappa shape index (κ2) is 10.0. The number of fused-ring (bicyclic) bond motifs is 1. The van der Waals surface area contributed by atoms with E-state index in [-0.39, 0.29) is 17.0 Å². The van der Waals surface area contributed by atoms with Gasteiger partial charge in [-0.1, -0.05) is 32.0 Å². The van der Waals surface area contributed by atoms with Gasteiger partial charge in [0.25, 0.3) is 5.91 Å². The van der Waals surface area contributed by atoms with Crippen molar-refractivity contribution < 1.29 is 19.5 Å². The molecule has 34 heavy (non-hydrogen) atoms. The van der Waals surface area contributed by atoms with Crippen LogP contribution < -0.4 is 16.0 Å². The van der Waals surface area contributed by atoms with E-state index < -0.39 is 17.9 Å². The Bertz CT molecular complexity index is 1220. The van der Waals surface area contributed by atoms with Crippen LogP contribution in [0.5, 0.6) is 0 Å². The summed E-state index contributed by atoms with van der Waals surface area (Å²) in [5, 5.41) is 19.4. The van der Waals surface area contributed by atoms with Crippen molar-refractivity contribution in [1.29, 1.82) is 0 Å². The lowest BCUT2D eigenvalue weighted by Crippen LogP contribution is -2.44. The standard InChI is InChI=1S/C25H26N4O4S/c1-14(2)21(24(31)32)29-22(30)23-28-20(13-34-23)16-7-9-18(10-8-16)26-25(33)27-19-11-6-15-4-3-5-17(15)12-19/h6-14,21H,3-5H2,1-2H3,(H,29,30)(H,31,32)(H2,26,27,33). The van der Waals surface area contributed by atoms with Crippen LogP contribution in [-0.2, 0) is 17.6 Å². The summed E-state index contributed by atoms with van der Waals surface area (Å²) in [6.07, 6.45) is 3.30. The Hall–Kier alpha value is -3.72. The smallest absolute Gasteiger partial charge is 0.326 e. The number of rotatable bonds is 7. The van der Waals surface area contributed by atoms with Gasteiger partial charge < -0.3 is 21.1 Å². The number of thiazole rings is 1. The lowest BCUT2D eigenvalue weighted by Gasteiger charge is -2.16. The molecule has 0 spiro atoms. The van der Waals surface area contributed by atoms with Crippen LogP contribution >= 0.6 is 11.3 Å². The molecule has 1 heterocycles. The number of carboxylic acid groups (broad SMARTS) is 1. The van der Waals surface area contributed by atoms with Crippen LogP contribution in [0.4, 0.5) is 16.2 Å². The minimum atomic E-state index is -1.08. The van der Waals surface area contributed by atoms with E-state index in [1.54, 1.807) is 43.5 Å². The molecular weight excluding hydrogens is 452 g/mol. The van der Waals surface area contributed by atoms with Crippen molar-refractivity contribution in [3.63, 3.8) is 0 Å². The molecule has 4 N–H and O–H groups in total. The minimum Gasteiger partial charge on any atom is -0.480 e. The molecule has 0 fully saturated rings.